The zero-order valence-electron chi connectivity index (χ0n) is 17.5. The predicted octanol–water partition coefficient (Wildman–Crippen LogP) is 4.33. The van der Waals surface area contributed by atoms with Crippen LogP contribution in [0.25, 0.3) is 22.2 Å². The zero-order valence-corrected chi connectivity index (χ0v) is 18.3. The predicted molar refractivity (Wildman–Crippen MR) is 125 cm³/mol. The maximum Gasteiger partial charge on any atom is 0.212 e. The fourth-order valence-corrected chi connectivity index (χ4v) is 5.17. The maximum absolute atomic E-state index is 13.6. The first kappa shape index (κ1) is 20.8. The van der Waals surface area contributed by atoms with E-state index in [0.29, 0.717) is 16.6 Å². The number of hydrogen-bond acceptors (Lipinski definition) is 6. The van der Waals surface area contributed by atoms with E-state index in [1.165, 1.54) is 29.1 Å². The first-order valence-corrected chi connectivity index (χ1v) is 11.5. The third-order valence-electron chi connectivity index (χ3n) is 5.19. The van der Waals surface area contributed by atoms with E-state index in [1.54, 1.807) is 42.5 Å². The van der Waals surface area contributed by atoms with Gasteiger partial charge in [-0.3, -0.25) is 0 Å². The third-order valence-corrected chi connectivity index (χ3v) is 7.00. The van der Waals surface area contributed by atoms with E-state index in [2.05, 4.69) is 15.1 Å². The summed E-state index contributed by atoms with van der Waals surface area (Å²) in [4.78, 5) is 9.11. The molecule has 0 aliphatic rings. The Morgan fingerprint density at radius 1 is 0.970 bits per heavy atom. The van der Waals surface area contributed by atoms with Gasteiger partial charge in [0, 0.05) is 0 Å². The lowest BCUT2D eigenvalue weighted by Crippen LogP contribution is -2.07. The molecule has 3 aromatic carbocycles. The topological polar surface area (TPSA) is 103 Å². The normalized spacial score (nSPS) is 12.2. The number of para-hydroxylation sites is 2. The number of hydrogen-bond donors (Lipinski definition) is 1. The number of nitrogens with zero attached hydrogens (tertiary/aromatic N) is 4. The van der Waals surface area contributed by atoms with Crippen molar-refractivity contribution >= 4 is 44.1 Å². The minimum atomic E-state index is -4.03. The van der Waals surface area contributed by atoms with Crippen LogP contribution in [0.4, 0.5) is 10.2 Å². The number of rotatable bonds is 4. The summed E-state index contributed by atoms with van der Waals surface area (Å²) in [6.07, 6.45) is 1.45. The van der Waals surface area contributed by atoms with Crippen molar-refractivity contribution in [2.75, 3.05) is 5.73 Å². The van der Waals surface area contributed by atoms with Gasteiger partial charge in [0.25, 0.3) is 0 Å². The monoisotopic (exact) mass is 459 g/mol. The molecule has 9 heteroatoms. The lowest BCUT2D eigenvalue weighted by atomic mass is 10.2. The van der Waals surface area contributed by atoms with Crippen LogP contribution in [0.1, 0.15) is 11.1 Å². The number of aromatic nitrogens is 3. The second kappa shape index (κ2) is 7.79. The van der Waals surface area contributed by atoms with Gasteiger partial charge in [-0.25, -0.2) is 22.8 Å². The van der Waals surface area contributed by atoms with E-state index in [1.807, 2.05) is 19.1 Å². The Morgan fingerprint density at radius 3 is 2.36 bits per heavy atom. The fraction of sp³-hybridized carbons (Fsp3) is 0.0417. The Kier molecular flexibility index (Phi) is 4.90. The summed E-state index contributed by atoms with van der Waals surface area (Å²) in [5.41, 5.74) is 9.20. The third kappa shape index (κ3) is 3.62. The Bertz CT molecular complexity index is 1660. The fourth-order valence-electron chi connectivity index (χ4n) is 3.58. The number of nitrogen functional groups attached to an aromatic ring is 1. The van der Waals surface area contributed by atoms with Crippen molar-refractivity contribution in [3.63, 3.8) is 0 Å². The molecule has 33 heavy (non-hydrogen) atoms. The summed E-state index contributed by atoms with van der Waals surface area (Å²) in [7, 11) is -4.03. The molecule has 2 N–H and O–H groups in total. The Morgan fingerprint density at radius 2 is 1.67 bits per heavy atom. The number of sulfone groups is 1. The van der Waals surface area contributed by atoms with Crippen molar-refractivity contribution < 1.29 is 12.8 Å². The Labute approximate surface area is 188 Å². The van der Waals surface area contributed by atoms with Gasteiger partial charge in [0.15, 0.2) is 5.65 Å². The van der Waals surface area contributed by atoms with Crippen LogP contribution in [0.15, 0.2) is 87.7 Å². The molecule has 0 saturated carbocycles. The highest BCUT2D eigenvalue weighted by Gasteiger charge is 2.30. The molecule has 2 heterocycles. The second-order valence-electron chi connectivity index (χ2n) is 7.53. The number of benzene rings is 3. The number of nitrogens with two attached hydrogens (primary N) is 1. The van der Waals surface area contributed by atoms with Crippen LogP contribution in [0.3, 0.4) is 0 Å². The molecule has 164 valence electrons. The van der Waals surface area contributed by atoms with Crippen LogP contribution in [0, 0.1) is 12.7 Å². The van der Waals surface area contributed by atoms with Crippen molar-refractivity contribution in [3.05, 3.63) is 89.7 Å². The van der Waals surface area contributed by atoms with Crippen LogP contribution < -0.4 is 5.73 Å². The minimum Gasteiger partial charge on any atom is -0.382 e. The van der Waals surface area contributed by atoms with E-state index in [4.69, 9.17) is 5.73 Å². The average molecular weight is 460 g/mol. The minimum absolute atomic E-state index is 0.103. The maximum atomic E-state index is 13.6. The molecule has 0 aliphatic heterocycles. The Hall–Kier alpha value is -4.11. The van der Waals surface area contributed by atoms with Crippen LogP contribution in [0.2, 0.25) is 0 Å². The van der Waals surface area contributed by atoms with Gasteiger partial charge in [0.2, 0.25) is 9.84 Å². The molecule has 2 aromatic heterocycles. The molecule has 5 rings (SSSR count). The lowest BCUT2D eigenvalue weighted by molar-refractivity contribution is 0.597. The van der Waals surface area contributed by atoms with E-state index in [-0.39, 0.29) is 32.6 Å². The zero-order chi connectivity index (χ0) is 23.2. The van der Waals surface area contributed by atoms with Crippen molar-refractivity contribution in [2.45, 2.75) is 16.7 Å². The van der Waals surface area contributed by atoms with Gasteiger partial charge in [-0.1, -0.05) is 36.4 Å². The number of halogens is 1. The molecule has 0 spiro atoms. The smallest absolute Gasteiger partial charge is 0.212 e. The van der Waals surface area contributed by atoms with E-state index in [9.17, 15) is 12.8 Å². The van der Waals surface area contributed by atoms with Crippen molar-refractivity contribution in [1.82, 2.24) is 14.6 Å². The molecule has 0 fully saturated rings. The highest BCUT2D eigenvalue weighted by Crippen LogP contribution is 2.35. The van der Waals surface area contributed by atoms with E-state index >= 15 is 0 Å². The molecular formula is C24H18FN5O2S. The van der Waals surface area contributed by atoms with Crippen LogP contribution in [-0.4, -0.2) is 29.3 Å². The SMILES string of the molecule is Cc1cccc(S(=O)(=O)c2c(N)n(/N=C\c3ccc(F)cc3)c3nc4ccccc4nc23)c1. The quantitative estimate of drug-likeness (QED) is 0.403. The molecule has 0 atom stereocenters. The molecule has 0 bridgehead atoms. The van der Waals surface area contributed by atoms with Crippen LogP contribution in [0.5, 0.6) is 0 Å². The van der Waals surface area contributed by atoms with Gasteiger partial charge in [0.05, 0.1) is 22.1 Å². The molecule has 7 nitrogen and oxygen atoms in total. The largest absolute Gasteiger partial charge is 0.382 e. The first-order chi connectivity index (χ1) is 15.8. The first-order valence-electron chi connectivity index (χ1n) is 10.0. The highest BCUT2D eigenvalue weighted by atomic mass is 32.2. The summed E-state index contributed by atoms with van der Waals surface area (Å²) in [6, 6.07) is 19.4. The summed E-state index contributed by atoms with van der Waals surface area (Å²) >= 11 is 0. The Balaban J connectivity index is 1.79. The van der Waals surface area contributed by atoms with Crippen LogP contribution >= 0.6 is 0 Å². The van der Waals surface area contributed by atoms with Gasteiger partial charge < -0.3 is 5.73 Å². The van der Waals surface area contributed by atoms with E-state index in [0.717, 1.165) is 5.56 Å². The average Bonchev–Trinajstić information content (AvgIpc) is 3.08. The number of anilines is 1. The van der Waals surface area contributed by atoms with Crippen molar-refractivity contribution in [2.24, 2.45) is 5.10 Å². The second-order valence-corrected chi connectivity index (χ2v) is 9.41. The molecule has 0 radical (unpaired) electrons. The van der Waals surface area contributed by atoms with Gasteiger partial charge in [-0.05, 0) is 54.4 Å². The molecule has 0 amide bonds. The number of fused-ring (bicyclic) bond motifs is 2. The van der Waals surface area contributed by atoms with Gasteiger partial charge in [-0.2, -0.15) is 9.78 Å². The summed E-state index contributed by atoms with van der Waals surface area (Å²) in [5, 5.41) is 4.36. The summed E-state index contributed by atoms with van der Waals surface area (Å²) in [5.74, 6) is -0.484. The van der Waals surface area contributed by atoms with Crippen molar-refractivity contribution in [3.8, 4) is 0 Å². The van der Waals surface area contributed by atoms with E-state index < -0.39 is 9.84 Å². The van der Waals surface area contributed by atoms with Gasteiger partial charge in [0.1, 0.15) is 22.0 Å². The number of aryl methyl sites for hydroxylation is 1. The van der Waals surface area contributed by atoms with Gasteiger partial charge >= 0.3 is 0 Å². The highest BCUT2D eigenvalue weighted by molar-refractivity contribution is 7.92. The lowest BCUT2D eigenvalue weighted by Gasteiger charge is -2.06. The molecular weight excluding hydrogens is 441 g/mol. The molecule has 0 unspecified atom stereocenters. The standard InChI is InChI=1S/C24H18FN5O2S/c1-15-5-4-6-18(13-15)33(31,32)22-21-24(29-20-8-3-2-7-19(20)28-21)30(23(22)26)27-14-16-9-11-17(25)12-10-16/h2-14H,26H2,1H3/b27-14-. The van der Waals surface area contributed by atoms with Crippen molar-refractivity contribution in [1.29, 1.82) is 0 Å². The van der Waals surface area contributed by atoms with Gasteiger partial charge in [-0.15, -0.1) is 0 Å². The van der Waals surface area contributed by atoms with Crippen LogP contribution in [-0.2, 0) is 9.84 Å². The molecule has 0 aliphatic carbocycles. The summed E-state index contributed by atoms with van der Waals surface area (Å²) < 4.78 is 41.7. The molecule has 5 aromatic rings. The molecule has 0 saturated heterocycles. The summed E-state index contributed by atoms with van der Waals surface area (Å²) in [6.45, 7) is 1.81.